The fourth-order valence-electron chi connectivity index (χ4n) is 1.87. The first-order chi connectivity index (χ1) is 10.2. The smallest absolute Gasteiger partial charge is 0.321 e. The van der Waals surface area contributed by atoms with E-state index in [1.54, 1.807) is 18.1 Å². The normalized spacial score (nSPS) is 10.2. The summed E-state index contributed by atoms with van der Waals surface area (Å²) in [6.07, 6.45) is 2.49. The SMILES string of the molecule is CN(CCc1ccccn1)C(=O)Nc1ccc(CN)cc1. The molecule has 0 bridgehead atoms. The number of benzene rings is 1. The molecular formula is C16H20N4O. The third-order valence-corrected chi connectivity index (χ3v) is 3.22. The van der Waals surface area contributed by atoms with Crippen molar-refractivity contribution < 1.29 is 4.79 Å². The van der Waals surface area contributed by atoms with Crippen LogP contribution in [0.2, 0.25) is 0 Å². The zero-order valence-electron chi connectivity index (χ0n) is 12.1. The molecule has 0 spiro atoms. The first-order valence-electron chi connectivity index (χ1n) is 6.90. The van der Waals surface area contributed by atoms with E-state index in [9.17, 15) is 4.79 Å². The monoisotopic (exact) mass is 284 g/mol. The number of urea groups is 1. The molecule has 0 fully saturated rings. The first-order valence-corrected chi connectivity index (χ1v) is 6.90. The maximum Gasteiger partial charge on any atom is 0.321 e. The predicted molar refractivity (Wildman–Crippen MR) is 83.9 cm³/mol. The van der Waals surface area contributed by atoms with Crippen molar-refractivity contribution in [2.24, 2.45) is 5.73 Å². The molecule has 1 heterocycles. The predicted octanol–water partition coefficient (Wildman–Crippen LogP) is 2.25. The quantitative estimate of drug-likeness (QED) is 0.884. The average Bonchev–Trinajstić information content (AvgIpc) is 2.54. The van der Waals surface area contributed by atoms with Crippen LogP contribution >= 0.6 is 0 Å². The van der Waals surface area contributed by atoms with Crippen LogP contribution in [0.15, 0.2) is 48.7 Å². The Morgan fingerprint density at radius 2 is 2.00 bits per heavy atom. The molecule has 0 aliphatic rings. The van der Waals surface area contributed by atoms with Crippen LogP contribution in [-0.2, 0) is 13.0 Å². The molecule has 0 aliphatic carbocycles. The molecule has 5 nitrogen and oxygen atoms in total. The molecule has 21 heavy (non-hydrogen) atoms. The van der Waals surface area contributed by atoms with Crippen LogP contribution in [0.25, 0.3) is 0 Å². The van der Waals surface area contributed by atoms with Crippen LogP contribution in [-0.4, -0.2) is 29.5 Å². The van der Waals surface area contributed by atoms with Gasteiger partial charge in [0.1, 0.15) is 0 Å². The Morgan fingerprint density at radius 3 is 2.62 bits per heavy atom. The molecule has 0 saturated carbocycles. The summed E-state index contributed by atoms with van der Waals surface area (Å²) in [5, 5.41) is 2.86. The molecule has 0 unspecified atom stereocenters. The van der Waals surface area contributed by atoms with Gasteiger partial charge in [-0.15, -0.1) is 0 Å². The molecule has 0 atom stereocenters. The number of rotatable bonds is 5. The summed E-state index contributed by atoms with van der Waals surface area (Å²) in [5.41, 5.74) is 8.32. The number of nitrogens with one attached hydrogen (secondary N) is 1. The lowest BCUT2D eigenvalue weighted by Gasteiger charge is -2.17. The van der Waals surface area contributed by atoms with Gasteiger partial charge in [0.2, 0.25) is 0 Å². The van der Waals surface area contributed by atoms with Crippen LogP contribution in [0.1, 0.15) is 11.3 Å². The molecule has 2 rings (SSSR count). The lowest BCUT2D eigenvalue weighted by atomic mass is 10.2. The Bertz CT molecular complexity index is 569. The molecule has 1 aromatic carbocycles. The zero-order valence-corrected chi connectivity index (χ0v) is 12.1. The molecule has 0 radical (unpaired) electrons. The van der Waals surface area contributed by atoms with Gasteiger partial charge in [0, 0.05) is 44.1 Å². The Hall–Kier alpha value is -2.40. The highest BCUT2D eigenvalue weighted by Gasteiger charge is 2.08. The van der Waals surface area contributed by atoms with E-state index in [0.717, 1.165) is 23.4 Å². The van der Waals surface area contributed by atoms with Gasteiger partial charge >= 0.3 is 6.03 Å². The molecule has 0 aliphatic heterocycles. The van der Waals surface area contributed by atoms with Crippen molar-refractivity contribution >= 4 is 11.7 Å². The number of carbonyl (C=O) groups is 1. The van der Waals surface area contributed by atoms with Gasteiger partial charge in [-0.25, -0.2) is 4.79 Å². The van der Waals surface area contributed by atoms with E-state index in [1.165, 1.54) is 0 Å². The zero-order chi connectivity index (χ0) is 15.1. The highest BCUT2D eigenvalue weighted by molar-refractivity contribution is 5.89. The molecule has 5 heteroatoms. The van der Waals surface area contributed by atoms with Crippen molar-refractivity contribution in [3.8, 4) is 0 Å². The van der Waals surface area contributed by atoms with Gasteiger partial charge in [-0.05, 0) is 29.8 Å². The van der Waals surface area contributed by atoms with Gasteiger partial charge in [0.15, 0.2) is 0 Å². The van der Waals surface area contributed by atoms with Gasteiger partial charge in [0.05, 0.1) is 0 Å². The summed E-state index contributed by atoms with van der Waals surface area (Å²) in [5.74, 6) is 0. The van der Waals surface area contributed by atoms with E-state index in [-0.39, 0.29) is 6.03 Å². The lowest BCUT2D eigenvalue weighted by molar-refractivity contribution is 0.223. The summed E-state index contributed by atoms with van der Waals surface area (Å²) < 4.78 is 0. The number of carbonyl (C=O) groups excluding carboxylic acids is 1. The molecule has 0 saturated heterocycles. The van der Waals surface area contributed by atoms with Crippen molar-refractivity contribution in [1.82, 2.24) is 9.88 Å². The van der Waals surface area contributed by atoms with Crippen molar-refractivity contribution in [3.63, 3.8) is 0 Å². The molecule has 3 N–H and O–H groups in total. The molecule has 2 aromatic rings. The van der Waals surface area contributed by atoms with Gasteiger partial charge in [-0.1, -0.05) is 18.2 Å². The second kappa shape index (κ2) is 7.40. The maximum atomic E-state index is 12.1. The van der Waals surface area contributed by atoms with Gasteiger partial charge in [0.25, 0.3) is 0 Å². The first kappa shape index (κ1) is 15.0. The van der Waals surface area contributed by atoms with Gasteiger partial charge in [-0.2, -0.15) is 0 Å². The second-order valence-electron chi connectivity index (χ2n) is 4.82. The van der Waals surface area contributed by atoms with Gasteiger partial charge < -0.3 is 16.0 Å². The van der Waals surface area contributed by atoms with Crippen LogP contribution in [0.3, 0.4) is 0 Å². The number of aromatic nitrogens is 1. The van der Waals surface area contributed by atoms with Crippen LogP contribution in [0.5, 0.6) is 0 Å². The molecule has 110 valence electrons. The Balaban J connectivity index is 1.84. The minimum Gasteiger partial charge on any atom is -0.327 e. The number of hydrogen-bond donors (Lipinski definition) is 2. The van der Waals surface area contributed by atoms with E-state index in [0.29, 0.717) is 13.1 Å². The number of hydrogen-bond acceptors (Lipinski definition) is 3. The van der Waals surface area contributed by atoms with Crippen molar-refractivity contribution in [1.29, 1.82) is 0 Å². The summed E-state index contributed by atoms with van der Waals surface area (Å²) >= 11 is 0. The highest BCUT2D eigenvalue weighted by atomic mass is 16.2. The summed E-state index contributed by atoms with van der Waals surface area (Å²) in [6, 6.07) is 13.2. The van der Waals surface area contributed by atoms with Crippen LogP contribution < -0.4 is 11.1 Å². The molecule has 2 amide bonds. The van der Waals surface area contributed by atoms with Crippen molar-refractivity contribution in [3.05, 3.63) is 59.9 Å². The maximum absolute atomic E-state index is 12.1. The third kappa shape index (κ3) is 4.57. The number of nitrogens with two attached hydrogens (primary N) is 1. The number of anilines is 1. The lowest BCUT2D eigenvalue weighted by Crippen LogP contribution is -2.33. The van der Waals surface area contributed by atoms with Crippen LogP contribution in [0.4, 0.5) is 10.5 Å². The van der Waals surface area contributed by atoms with Crippen LogP contribution in [0, 0.1) is 0 Å². The Labute approximate surface area is 124 Å². The topological polar surface area (TPSA) is 71.2 Å². The number of pyridine rings is 1. The fourth-order valence-corrected chi connectivity index (χ4v) is 1.87. The van der Waals surface area contributed by atoms with Crippen molar-refractivity contribution in [2.45, 2.75) is 13.0 Å². The summed E-state index contributed by atoms with van der Waals surface area (Å²) in [4.78, 5) is 17.9. The van der Waals surface area contributed by atoms with E-state index in [1.807, 2.05) is 42.5 Å². The second-order valence-corrected chi connectivity index (χ2v) is 4.82. The number of likely N-dealkylation sites (N-methyl/N-ethyl adjacent to an activating group) is 1. The largest absolute Gasteiger partial charge is 0.327 e. The minimum absolute atomic E-state index is 0.133. The molecule has 1 aromatic heterocycles. The standard InChI is InChI=1S/C16H20N4O/c1-20(11-9-14-4-2-3-10-18-14)16(21)19-15-7-5-13(12-17)6-8-15/h2-8,10H,9,11-12,17H2,1H3,(H,19,21). The number of amides is 2. The summed E-state index contributed by atoms with van der Waals surface area (Å²) in [6.45, 7) is 1.11. The number of nitrogens with zero attached hydrogens (tertiary/aromatic N) is 2. The minimum atomic E-state index is -0.133. The highest BCUT2D eigenvalue weighted by Crippen LogP contribution is 2.10. The van der Waals surface area contributed by atoms with Crippen molar-refractivity contribution in [2.75, 3.05) is 18.9 Å². The fraction of sp³-hybridized carbons (Fsp3) is 0.250. The summed E-state index contributed by atoms with van der Waals surface area (Å²) in [7, 11) is 1.77. The average molecular weight is 284 g/mol. The van der Waals surface area contributed by atoms with E-state index in [2.05, 4.69) is 10.3 Å². The van der Waals surface area contributed by atoms with Gasteiger partial charge in [-0.3, -0.25) is 4.98 Å². The van der Waals surface area contributed by atoms with E-state index >= 15 is 0 Å². The Morgan fingerprint density at radius 1 is 1.24 bits per heavy atom. The Kier molecular flexibility index (Phi) is 5.29. The third-order valence-electron chi connectivity index (χ3n) is 3.22. The van der Waals surface area contributed by atoms with E-state index in [4.69, 9.17) is 5.73 Å². The van der Waals surface area contributed by atoms with E-state index < -0.39 is 0 Å². The molecular weight excluding hydrogens is 264 g/mol.